The van der Waals surface area contributed by atoms with Crippen LogP contribution in [0, 0.1) is 0 Å². The first-order valence-corrected chi connectivity index (χ1v) is 11.3. The first-order valence-electron chi connectivity index (χ1n) is 9.46. The smallest absolute Gasteiger partial charge is 0.378 e. The summed E-state index contributed by atoms with van der Waals surface area (Å²) in [5.41, 5.74) is -0.950. The van der Waals surface area contributed by atoms with Gasteiger partial charge in [-0.25, -0.2) is 13.4 Å². The first-order chi connectivity index (χ1) is 15.0. The minimum absolute atomic E-state index is 0.337. The van der Waals surface area contributed by atoms with E-state index in [-0.39, 0.29) is 0 Å². The maximum Gasteiger partial charge on any atom is 0.417 e. The van der Waals surface area contributed by atoms with Crippen LogP contribution in [0.5, 0.6) is 0 Å². The van der Waals surface area contributed by atoms with E-state index in [1.807, 2.05) is 4.90 Å². The van der Waals surface area contributed by atoms with E-state index in [1.54, 1.807) is 12.1 Å². The molecule has 0 unspecified atom stereocenters. The van der Waals surface area contributed by atoms with Crippen molar-refractivity contribution in [3.8, 4) is 0 Å². The average Bonchev–Trinajstić information content (AvgIpc) is 2.74. The van der Waals surface area contributed by atoms with E-state index < -0.39 is 43.6 Å². The molecule has 0 saturated carbocycles. The van der Waals surface area contributed by atoms with E-state index in [0.29, 0.717) is 43.9 Å². The highest BCUT2D eigenvalue weighted by Gasteiger charge is 2.35. The molecule has 0 bridgehead atoms. The highest BCUT2D eigenvalue weighted by atomic mass is 35.5. The number of morpholine rings is 1. The van der Waals surface area contributed by atoms with E-state index >= 15 is 0 Å². The summed E-state index contributed by atoms with van der Waals surface area (Å²) in [6.45, 7) is 3.84. The monoisotopic (exact) mass is 492 g/mol. The maximum atomic E-state index is 13.0. The number of anilines is 2. The van der Waals surface area contributed by atoms with Gasteiger partial charge in [0.2, 0.25) is 15.9 Å². The van der Waals surface area contributed by atoms with Crippen molar-refractivity contribution in [2.75, 3.05) is 36.5 Å². The molecule has 2 heterocycles. The van der Waals surface area contributed by atoms with Crippen LogP contribution in [0.15, 0.2) is 41.4 Å². The van der Waals surface area contributed by atoms with E-state index in [9.17, 15) is 26.4 Å². The van der Waals surface area contributed by atoms with Crippen LogP contribution in [0.2, 0.25) is 5.02 Å². The third-order valence-corrected chi connectivity index (χ3v) is 6.50. The minimum Gasteiger partial charge on any atom is -0.378 e. The van der Waals surface area contributed by atoms with Crippen molar-refractivity contribution in [2.24, 2.45) is 0 Å². The van der Waals surface area contributed by atoms with Crippen molar-refractivity contribution in [1.82, 2.24) is 9.71 Å². The second-order valence-electron chi connectivity index (χ2n) is 6.98. The zero-order chi connectivity index (χ0) is 23.5. The van der Waals surface area contributed by atoms with Crippen LogP contribution in [0.3, 0.4) is 0 Å². The van der Waals surface area contributed by atoms with Gasteiger partial charge < -0.3 is 15.0 Å². The SMILES string of the molecule is C[C@@H](NS(=O)(=O)c1ccc(Cl)c(C(F)(F)F)c1)C(=O)Nc1ccc(N2CCOCC2)nc1. The summed E-state index contributed by atoms with van der Waals surface area (Å²) in [5, 5.41) is 1.89. The first kappa shape index (κ1) is 24.2. The number of rotatable bonds is 6. The number of alkyl halides is 3. The Bertz CT molecular complexity index is 1070. The highest BCUT2D eigenvalue weighted by molar-refractivity contribution is 7.89. The average molecular weight is 493 g/mol. The van der Waals surface area contributed by atoms with E-state index in [4.69, 9.17) is 16.3 Å². The Hall–Kier alpha value is -2.41. The Morgan fingerprint density at radius 3 is 2.50 bits per heavy atom. The van der Waals surface area contributed by atoms with Crippen molar-refractivity contribution in [3.63, 3.8) is 0 Å². The minimum atomic E-state index is -4.83. The van der Waals surface area contributed by atoms with Crippen LogP contribution >= 0.6 is 11.6 Å². The van der Waals surface area contributed by atoms with Gasteiger partial charge in [0.05, 0.1) is 46.6 Å². The van der Waals surface area contributed by atoms with Gasteiger partial charge in [0, 0.05) is 13.1 Å². The molecule has 1 fully saturated rings. The molecule has 1 aromatic carbocycles. The standard InChI is InChI=1S/C19H20ClF3N4O4S/c1-12(26-32(29,30)14-3-4-16(20)15(10-14)19(21,22)23)18(28)25-13-2-5-17(24-11-13)27-6-8-31-9-7-27/h2-5,10-12,26H,6-9H2,1H3,(H,25,28)/t12-/m1/s1. The van der Waals surface area contributed by atoms with Gasteiger partial charge in [-0.2, -0.15) is 17.9 Å². The third kappa shape index (κ3) is 5.88. The lowest BCUT2D eigenvalue weighted by Gasteiger charge is -2.27. The lowest BCUT2D eigenvalue weighted by molar-refractivity contribution is -0.137. The summed E-state index contributed by atoms with van der Waals surface area (Å²) in [5.74, 6) is 0.00256. The normalized spacial score (nSPS) is 16.0. The van der Waals surface area contributed by atoms with Gasteiger partial charge in [0.15, 0.2) is 0 Å². The van der Waals surface area contributed by atoms with Gasteiger partial charge in [0.25, 0.3) is 0 Å². The fourth-order valence-electron chi connectivity index (χ4n) is 2.93. The van der Waals surface area contributed by atoms with Crippen molar-refractivity contribution in [2.45, 2.75) is 24.0 Å². The van der Waals surface area contributed by atoms with Crippen molar-refractivity contribution in [3.05, 3.63) is 47.1 Å². The number of nitrogens with zero attached hydrogens (tertiary/aromatic N) is 2. The number of hydrogen-bond donors (Lipinski definition) is 2. The van der Waals surface area contributed by atoms with Gasteiger partial charge in [0.1, 0.15) is 5.82 Å². The molecule has 2 N–H and O–H groups in total. The fourth-order valence-corrected chi connectivity index (χ4v) is 4.39. The Labute approximate surface area is 187 Å². The van der Waals surface area contributed by atoms with Crippen LogP contribution in [0.4, 0.5) is 24.7 Å². The van der Waals surface area contributed by atoms with Crippen LogP contribution < -0.4 is 14.9 Å². The molecule has 3 rings (SSSR count). The van der Waals surface area contributed by atoms with Gasteiger partial charge in [-0.1, -0.05) is 11.6 Å². The molecule has 174 valence electrons. The third-order valence-electron chi connectivity index (χ3n) is 4.63. The van der Waals surface area contributed by atoms with Crippen molar-refractivity contribution in [1.29, 1.82) is 0 Å². The zero-order valence-corrected chi connectivity index (χ0v) is 18.4. The number of benzene rings is 1. The molecule has 32 heavy (non-hydrogen) atoms. The number of pyridine rings is 1. The second kappa shape index (κ2) is 9.61. The molecular formula is C19H20ClF3N4O4S. The maximum absolute atomic E-state index is 13.0. The lowest BCUT2D eigenvalue weighted by Crippen LogP contribution is -2.41. The summed E-state index contributed by atoms with van der Waals surface area (Å²) >= 11 is 5.52. The molecule has 1 atom stereocenters. The van der Waals surface area contributed by atoms with Gasteiger partial charge in [-0.15, -0.1) is 0 Å². The number of aromatic nitrogens is 1. The molecule has 1 saturated heterocycles. The number of ether oxygens (including phenoxy) is 1. The summed E-state index contributed by atoms with van der Waals surface area (Å²) in [6, 6.07) is 4.24. The van der Waals surface area contributed by atoms with Crippen molar-refractivity contribution >= 4 is 39.0 Å². The van der Waals surface area contributed by atoms with Gasteiger partial charge >= 0.3 is 6.18 Å². The predicted octanol–water partition coefficient (Wildman–Crippen LogP) is 2.90. The second-order valence-corrected chi connectivity index (χ2v) is 9.10. The molecule has 0 spiro atoms. The molecule has 1 aliphatic heterocycles. The van der Waals surface area contributed by atoms with E-state index in [1.165, 1.54) is 13.1 Å². The number of halogens is 4. The van der Waals surface area contributed by atoms with Gasteiger partial charge in [-0.3, -0.25) is 4.79 Å². The summed E-state index contributed by atoms with van der Waals surface area (Å²) < 4.78 is 71.4. The molecule has 1 amide bonds. The lowest BCUT2D eigenvalue weighted by atomic mass is 10.2. The molecule has 2 aromatic rings. The van der Waals surface area contributed by atoms with E-state index in [2.05, 4.69) is 15.0 Å². The highest BCUT2D eigenvalue weighted by Crippen LogP contribution is 2.35. The molecule has 0 aliphatic carbocycles. The molecular weight excluding hydrogens is 473 g/mol. The Morgan fingerprint density at radius 2 is 1.91 bits per heavy atom. The summed E-state index contributed by atoms with van der Waals surface area (Å²) in [7, 11) is -4.42. The number of hydrogen-bond acceptors (Lipinski definition) is 6. The number of carbonyl (C=O) groups excluding carboxylic acids is 1. The largest absolute Gasteiger partial charge is 0.417 e. The van der Waals surface area contributed by atoms with Crippen LogP contribution in [-0.4, -0.2) is 51.7 Å². The molecule has 1 aliphatic rings. The predicted molar refractivity (Wildman–Crippen MR) is 112 cm³/mol. The van der Waals surface area contributed by atoms with Crippen LogP contribution in [0.25, 0.3) is 0 Å². The van der Waals surface area contributed by atoms with Crippen molar-refractivity contribution < 1.29 is 31.1 Å². The fraction of sp³-hybridized carbons (Fsp3) is 0.368. The quantitative estimate of drug-likeness (QED) is 0.643. The summed E-state index contributed by atoms with van der Waals surface area (Å²) in [6.07, 6.45) is -3.40. The van der Waals surface area contributed by atoms with Crippen LogP contribution in [-0.2, 0) is 25.7 Å². The zero-order valence-electron chi connectivity index (χ0n) is 16.8. The number of nitrogens with one attached hydrogen (secondary N) is 2. The Kier molecular flexibility index (Phi) is 7.28. The number of sulfonamides is 1. The van der Waals surface area contributed by atoms with Crippen LogP contribution in [0.1, 0.15) is 12.5 Å². The Morgan fingerprint density at radius 1 is 1.22 bits per heavy atom. The number of carbonyl (C=O) groups is 1. The molecule has 13 heteroatoms. The molecule has 0 radical (unpaired) electrons. The molecule has 8 nitrogen and oxygen atoms in total. The van der Waals surface area contributed by atoms with E-state index in [0.717, 1.165) is 12.1 Å². The Balaban J connectivity index is 1.66. The number of amides is 1. The molecule has 1 aromatic heterocycles. The van der Waals surface area contributed by atoms with Gasteiger partial charge in [-0.05, 0) is 37.3 Å². The topological polar surface area (TPSA) is 101 Å². The summed E-state index contributed by atoms with van der Waals surface area (Å²) in [4.78, 5) is 18.0.